The molecule has 22 heavy (non-hydrogen) atoms. The predicted octanol–water partition coefficient (Wildman–Crippen LogP) is 3.10. The number of halogens is 3. The molecule has 0 aliphatic rings. The van der Waals surface area contributed by atoms with Crippen LogP contribution < -0.4 is 15.5 Å². The molecular weight excluding hydrogens is 367 g/mol. The summed E-state index contributed by atoms with van der Waals surface area (Å²) in [5.41, 5.74) is 0.431. The van der Waals surface area contributed by atoms with E-state index < -0.39 is 7.12 Å². The smallest absolute Gasteiger partial charge is 0.432 e. The first kappa shape index (κ1) is 17.3. The van der Waals surface area contributed by atoms with Gasteiger partial charge < -0.3 is 20.1 Å². The zero-order chi connectivity index (χ0) is 16.3. The SMILES string of the molecule is OB(O)c1cc(NC(=S)Oc2cccc(Cl)c2)c(Cl)cc1Cl. The van der Waals surface area contributed by atoms with Crippen LogP contribution in [0.25, 0.3) is 0 Å². The number of rotatable bonds is 3. The Hall–Kier alpha value is -1.02. The van der Waals surface area contributed by atoms with Crippen molar-refractivity contribution in [1.82, 2.24) is 0 Å². The summed E-state index contributed by atoms with van der Waals surface area (Å²) in [5.74, 6) is 0.456. The van der Waals surface area contributed by atoms with Gasteiger partial charge >= 0.3 is 7.12 Å². The van der Waals surface area contributed by atoms with Gasteiger partial charge in [-0.2, -0.15) is 0 Å². The van der Waals surface area contributed by atoms with E-state index in [1.807, 2.05) is 0 Å². The highest BCUT2D eigenvalue weighted by molar-refractivity contribution is 7.80. The first-order valence-corrected chi connectivity index (χ1v) is 7.50. The van der Waals surface area contributed by atoms with Crippen LogP contribution in [0.2, 0.25) is 15.1 Å². The lowest BCUT2D eigenvalue weighted by atomic mass is 9.80. The molecule has 2 aromatic rings. The molecule has 0 aliphatic heterocycles. The van der Waals surface area contributed by atoms with Gasteiger partial charge in [-0.3, -0.25) is 0 Å². The number of benzene rings is 2. The molecule has 0 bridgehead atoms. The van der Waals surface area contributed by atoms with E-state index in [0.29, 0.717) is 16.5 Å². The molecule has 0 aromatic heterocycles. The molecule has 2 aromatic carbocycles. The van der Waals surface area contributed by atoms with Gasteiger partial charge in [-0.15, -0.1) is 0 Å². The minimum absolute atomic E-state index is 0.0184. The van der Waals surface area contributed by atoms with Crippen LogP contribution in [0.3, 0.4) is 0 Å². The van der Waals surface area contributed by atoms with Crippen molar-refractivity contribution in [1.29, 1.82) is 0 Å². The standard InChI is InChI=1S/C13H9BCl3NO3S/c15-7-2-1-3-8(4-7)21-13(22)18-12-5-9(14(19)20)10(16)6-11(12)17/h1-6,19-20H,(H,18,22). The summed E-state index contributed by atoms with van der Waals surface area (Å²) < 4.78 is 5.40. The van der Waals surface area contributed by atoms with Crippen molar-refractivity contribution >= 4 is 70.5 Å². The molecule has 0 amide bonds. The maximum Gasteiger partial charge on any atom is 0.490 e. The highest BCUT2D eigenvalue weighted by Crippen LogP contribution is 2.25. The molecule has 0 saturated carbocycles. The Bertz CT molecular complexity index is 715. The summed E-state index contributed by atoms with van der Waals surface area (Å²) in [6.07, 6.45) is 0. The van der Waals surface area contributed by atoms with Gasteiger partial charge in [-0.25, -0.2) is 0 Å². The monoisotopic (exact) mass is 375 g/mol. The summed E-state index contributed by atoms with van der Waals surface area (Å²) in [6, 6.07) is 9.46. The number of ether oxygens (including phenoxy) is 1. The quantitative estimate of drug-likeness (QED) is 0.568. The second kappa shape index (κ2) is 7.50. The van der Waals surface area contributed by atoms with Gasteiger partial charge in [0, 0.05) is 15.5 Å². The maximum atomic E-state index is 9.24. The van der Waals surface area contributed by atoms with Crippen molar-refractivity contribution in [2.75, 3.05) is 5.32 Å². The molecule has 0 heterocycles. The number of thiocarbonyl (C=S) groups is 1. The highest BCUT2D eigenvalue weighted by Gasteiger charge is 2.18. The van der Waals surface area contributed by atoms with E-state index in [0.717, 1.165) is 0 Å². The topological polar surface area (TPSA) is 61.7 Å². The average molecular weight is 376 g/mol. The normalized spacial score (nSPS) is 10.2. The van der Waals surface area contributed by atoms with Crippen molar-refractivity contribution in [3.8, 4) is 5.75 Å². The molecule has 0 spiro atoms. The van der Waals surface area contributed by atoms with Crippen molar-refractivity contribution in [2.45, 2.75) is 0 Å². The molecule has 0 fully saturated rings. The summed E-state index contributed by atoms with van der Waals surface area (Å²) >= 11 is 22.8. The Morgan fingerprint density at radius 3 is 2.45 bits per heavy atom. The van der Waals surface area contributed by atoms with E-state index in [1.165, 1.54) is 12.1 Å². The van der Waals surface area contributed by atoms with Gasteiger partial charge in [-0.1, -0.05) is 40.9 Å². The van der Waals surface area contributed by atoms with E-state index >= 15 is 0 Å². The lowest BCUT2D eigenvalue weighted by molar-refractivity contribution is 0.426. The Morgan fingerprint density at radius 1 is 1.09 bits per heavy atom. The van der Waals surface area contributed by atoms with Crippen LogP contribution in [0.5, 0.6) is 5.75 Å². The molecule has 2 rings (SSSR count). The summed E-state index contributed by atoms with van der Waals surface area (Å²) in [5, 5.41) is 22.2. The van der Waals surface area contributed by atoms with E-state index in [-0.39, 0.29) is 20.7 Å². The van der Waals surface area contributed by atoms with Gasteiger partial charge in [-0.05, 0) is 42.5 Å². The van der Waals surface area contributed by atoms with Gasteiger partial charge in [0.2, 0.25) is 0 Å². The van der Waals surface area contributed by atoms with Crippen LogP contribution in [0, 0.1) is 0 Å². The fourth-order valence-electron chi connectivity index (χ4n) is 1.63. The van der Waals surface area contributed by atoms with Crippen LogP contribution in [0.1, 0.15) is 0 Å². The minimum Gasteiger partial charge on any atom is -0.432 e. The van der Waals surface area contributed by atoms with Gasteiger partial charge in [0.25, 0.3) is 5.17 Å². The van der Waals surface area contributed by atoms with E-state index in [4.69, 9.17) is 51.8 Å². The Kier molecular flexibility index (Phi) is 5.91. The zero-order valence-electron chi connectivity index (χ0n) is 10.9. The number of hydrogen-bond donors (Lipinski definition) is 3. The van der Waals surface area contributed by atoms with Crippen LogP contribution >= 0.6 is 47.0 Å². The molecular formula is C13H9BCl3NO3S. The lowest BCUT2D eigenvalue weighted by Gasteiger charge is -2.13. The Balaban J connectivity index is 2.16. The second-order valence-corrected chi connectivity index (χ2v) is 5.82. The van der Waals surface area contributed by atoms with Crippen LogP contribution in [0.15, 0.2) is 36.4 Å². The first-order valence-electron chi connectivity index (χ1n) is 5.96. The third kappa shape index (κ3) is 4.49. The molecule has 114 valence electrons. The minimum atomic E-state index is -1.73. The Morgan fingerprint density at radius 2 is 1.82 bits per heavy atom. The van der Waals surface area contributed by atoms with Crippen molar-refractivity contribution < 1.29 is 14.8 Å². The largest absolute Gasteiger partial charge is 0.490 e. The molecule has 0 unspecified atom stereocenters. The molecule has 0 saturated heterocycles. The number of hydrogen-bond acceptors (Lipinski definition) is 4. The predicted molar refractivity (Wildman–Crippen MR) is 94.6 cm³/mol. The van der Waals surface area contributed by atoms with E-state index in [1.54, 1.807) is 24.3 Å². The fraction of sp³-hybridized carbons (Fsp3) is 0. The summed E-state index contributed by atoms with van der Waals surface area (Å²) in [7, 11) is -1.73. The van der Waals surface area contributed by atoms with E-state index in [9.17, 15) is 10.0 Å². The van der Waals surface area contributed by atoms with Gasteiger partial charge in [0.15, 0.2) is 0 Å². The second-order valence-electron chi connectivity index (χ2n) is 4.20. The maximum absolute atomic E-state index is 9.24. The molecule has 0 radical (unpaired) electrons. The van der Waals surface area contributed by atoms with E-state index in [2.05, 4.69) is 5.32 Å². The summed E-state index contributed by atoms with van der Waals surface area (Å²) in [6.45, 7) is 0. The molecule has 4 nitrogen and oxygen atoms in total. The lowest BCUT2D eigenvalue weighted by Crippen LogP contribution is -2.31. The third-order valence-electron chi connectivity index (χ3n) is 2.61. The number of nitrogens with one attached hydrogen (secondary N) is 1. The van der Waals surface area contributed by atoms with Crippen molar-refractivity contribution in [3.05, 3.63) is 51.5 Å². The third-order valence-corrected chi connectivity index (χ3v) is 3.67. The average Bonchev–Trinajstić information content (AvgIpc) is 2.41. The molecule has 9 heteroatoms. The molecule has 0 atom stereocenters. The van der Waals surface area contributed by atoms with Gasteiger partial charge in [0.05, 0.1) is 10.7 Å². The Labute approximate surface area is 147 Å². The fourth-order valence-corrected chi connectivity index (χ4v) is 2.55. The molecule has 3 N–H and O–H groups in total. The summed E-state index contributed by atoms with van der Waals surface area (Å²) in [4.78, 5) is 0. The van der Waals surface area contributed by atoms with Crippen molar-refractivity contribution in [3.63, 3.8) is 0 Å². The van der Waals surface area contributed by atoms with Gasteiger partial charge in [0.1, 0.15) is 5.75 Å². The van der Waals surface area contributed by atoms with Crippen LogP contribution in [-0.4, -0.2) is 22.3 Å². The van der Waals surface area contributed by atoms with Crippen LogP contribution in [0.4, 0.5) is 5.69 Å². The zero-order valence-corrected chi connectivity index (χ0v) is 14.0. The highest BCUT2D eigenvalue weighted by atomic mass is 35.5. The van der Waals surface area contributed by atoms with Crippen LogP contribution in [-0.2, 0) is 0 Å². The van der Waals surface area contributed by atoms with Crippen molar-refractivity contribution in [2.24, 2.45) is 0 Å². The molecule has 0 aliphatic carbocycles. The first-order chi connectivity index (χ1) is 10.4. The number of anilines is 1.